The number of aliphatic imine (C=N–C) groups is 1. The van der Waals surface area contributed by atoms with Crippen LogP contribution < -0.4 is 10.1 Å². The van der Waals surface area contributed by atoms with Gasteiger partial charge in [-0.25, -0.2) is 0 Å². The second kappa shape index (κ2) is 4.16. The lowest BCUT2D eigenvalue weighted by atomic mass is 10.1. The number of benzene rings is 1. The molecule has 84 valence electrons. The van der Waals surface area contributed by atoms with Crippen molar-refractivity contribution in [2.45, 2.75) is 19.3 Å². The van der Waals surface area contributed by atoms with E-state index < -0.39 is 0 Å². The maximum atomic E-state index is 5.72. The summed E-state index contributed by atoms with van der Waals surface area (Å²) in [5, 5.41) is 3.20. The molecular weight excluding hydrogens is 200 g/mol. The lowest BCUT2D eigenvalue weighted by Gasteiger charge is -2.08. The fourth-order valence-electron chi connectivity index (χ4n) is 2.33. The predicted octanol–water partition coefficient (Wildman–Crippen LogP) is 1.56. The van der Waals surface area contributed by atoms with E-state index in [-0.39, 0.29) is 0 Å². The molecule has 0 aromatic heterocycles. The zero-order valence-corrected chi connectivity index (χ0v) is 9.33. The van der Waals surface area contributed by atoms with Gasteiger partial charge in [-0.15, -0.1) is 0 Å². The molecule has 0 spiro atoms. The van der Waals surface area contributed by atoms with Crippen molar-refractivity contribution in [3.05, 3.63) is 29.3 Å². The molecule has 1 aromatic rings. The Hall–Kier alpha value is -1.51. The van der Waals surface area contributed by atoms with Gasteiger partial charge in [-0.05, 0) is 42.5 Å². The Balaban J connectivity index is 1.66. The van der Waals surface area contributed by atoms with E-state index in [0.717, 1.165) is 24.7 Å². The smallest absolute Gasteiger partial charge is 0.145 e. The number of fused-ring (bicyclic) bond motifs is 1. The van der Waals surface area contributed by atoms with E-state index in [9.17, 15) is 0 Å². The first-order chi connectivity index (χ1) is 7.92. The summed E-state index contributed by atoms with van der Waals surface area (Å²) < 4.78 is 5.72. The van der Waals surface area contributed by atoms with Gasteiger partial charge in [0.05, 0.1) is 6.54 Å². The van der Waals surface area contributed by atoms with E-state index in [0.29, 0.717) is 6.61 Å². The molecule has 0 radical (unpaired) electrons. The minimum absolute atomic E-state index is 0.568. The molecule has 0 saturated heterocycles. The van der Waals surface area contributed by atoms with Gasteiger partial charge in [0.15, 0.2) is 0 Å². The van der Waals surface area contributed by atoms with Crippen LogP contribution in [-0.2, 0) is 12.8 Å². The van der Waals surface area contributed by atoms with Crippen molar-refractivity contribution in [2.75, 3.05) is 19.7 Å². The van der Waals surface area contributed by atoms with E-state index in [2.05, 4.69) is 28.5 Å². The number of rotatable bonds is 3. The predicted molar refractivity (Wildman–Crippen MR) is 64.3 cm³/mol. The van der Waals surface area contributed by atoms with Gasteiger partial charge >= 0.3 is 0 Å². The van der Waals surface area contributed by atoms with Crippen molar-refractivity contribution in [1.82, 2.24) is 5.32 Å². The van der Waals surface area contributed by atoms with Crippen molar-refractivity contribution in [3.8, 4) is 5.75 Å². The number of hydrogen-bond donors (Lipinski definition) is 1. The van der Waals surface area contributed by atoms with Crippen molar-refractivity contribution in [2.24, 2.45) is 4.99 Å². The number of nitrogens with zero attached hydrogens (tertiary/aromatic N) is 1. The van der Waals surface area contributed by atoms with Crippen molar-refractivity contribution in [1.29, 1.82) is 0 Å². The molecule has 3 heteroatoms. The summed E-state index contributed by atoms with van der Waals surface area (Å²) in [7, 11) is 0. The van der Waals surface area contributed by atoms with Gasteiger partial charge in [-0.2, -0.15) is 0 Å². The largest absolute Gasteiger partial charge is 0.486 e. The molecular formula is C13H16N2O. The van der Waals surface area contributed by atoms with Gasteiger partial charge in [-0.3, -0.25) is 4.99 Å². The Morgan fingerprint density at radius 3 is 3.06 bits per heavy atom. The molecule has 0 unspecified atom stereocenters. The molecule has 3 rings (SSSR count). The number of hydrogen-bond acceptors (Lipinski definition) is 3. The third kappa shape index (κ3) is 1.90. The van der Waals surface area contributed by atoms with Crippen molar-refractivity contribution >= 4 is 5.84 Å². The highest BCUT2D eigenvalue weighted by atomic mass is 16.5. The van der Waals surface area contributed by atoms with Gasteiger partial charge in [-0.1, -0.05) is 6.07 Å². The van der Waals surface area contributed by atoms with Gasteiger partial charge in [0.1, 0.15) is 18.2 Å². The van der Waals surface area contributed by atoms with Crippen LogP contribution in [0.5, 0.6) is 5.75 Å². The van der Waals surface area contributed by atoms with E-state index in [4.69, 9.17) is 4.74 Å². The second-order valence-electron chi connectivity index (χ2n) is 4.33. The summed E-state index contributed by atoms with van der Waals surface area (Å²) in [5.74, 6) is 1.94. The van der Waals surface area contributed by atoms with E-state index in [1.807, 2.05) is 0 Å². The summed E-state index contributed by atoms with van der Waals surface area (Å²) in [5.41, 5.74) is 2.95. The van der Waals surface area contributed by atoms with Crippen molar-refractivity contribution < 1.29 is 4.74 Å². The number of amidine groups is 1. The summed E-state index contributed by atoms with van der Waals surface area (Å²) in [4.78, 5) is 4.30. The van der Waals surface area contributed by atoms with Crippen LogP contribution in [0.2, 0.25) is 0 Å². The Labute approximate surface area is 95.5 Å². The molecule has 0 fully saturated rings. The summed E-state index contributed by atoms with van der Waals surface area (Å²) in [6.45, 7) is 2.39. The molecule has 1 aromatic carbocycles. The number of ether oxygens (including phenoxy) is 1. The van der Waals surface area contributed by atoms with Crippen molar-refractivity contribution in [3.63, 3.8) is 0 Å². The van der Waals surface area contributed by atoms with Gasteiger partial charge in [0.25, 0.3) is 0 Å². The lowest BCUT2D eigenvalue weighted by molar-refractivity contribution is 0.373. The van der Waals surface area contributed by atoms with Crippen LogP contribution in [0.4, 0.5) is 0 Å². The molecule has 0 atom stereocenters. The molecule has 0 amide bonds. The average Bonchev–Trinajstić information content (AvgIpc) is 2.97. The molecule has 1 heterocycles. The molecule has 16 heavy (non-hydrogen) atoms. The third-order valence-corrected chi connectivity index (χ3v) is 3.19. The molecule has 2 aliphatic rings. The monoisotopic (exact) mass is 216 g/mol. The van der Waals surface area contributed by atoms with Crippen LogP contribution in [-0.4, -0.2) is 25.5 Å². The van der Waals surface area contributed by atoms with Crippen LogP contribution >= 0.6 is 0 Å². The van der Waals surface area contributed by atoms with Gasteiger partial charge in [0.2, 0.25) is 0 Å². The lowest BCUT2D eigenvalue weighted by Crippen LogP contribution is -2.24. The molecule has 1 N–H and O–H groups in total. The Bertz CT molecular complexity index is 426. The van der Waals surface area contributed by atoms with Gasteiger partial charge < -0.3 is 10.1 Å². The minimum atomic E-state index is 0.568. The zero-order valence-electron chi connectivity index (χ0n) is 9.33. The molecule has 1 aliphatic carbocycles. The van der Waals surface area contributed by atoms with Gasteiger partial charge in [0, 0.05) is 6.54 Å². The summed E-state index contributed by atoms with van der Waals surface area (Å²) >= 11 is 0. The standard InChI is InChI=1S/C13H16N2O/c1-2-10-4-5-12(8-11(10)3-1)16-9-13-14-6-7-15-13/h4-5,8H,1-3,6-7,9H2,(H,14,15). The van der Waals surface area contributed by atoms with E-state index in [1.165, 1.54) is 30.4 Å². The normalized spacial score (nSPS) is 17.9. The SMILES string of the molecule is c1cc2c(cc1OCC1=NCCN1)CCC2. The fraction of sp³-hybridized carbons (Fsp3) is 0.462. The Kier molecular flexibility index (Phi) is 2.52. The maximum absolute atomic E-state index is 5.72. The highest BCUT2D eigenvalue weighted by Crippen LogP contribution is 2.25. The first-order valence-electron chi connectivity index (χ1n) is 5.93. The maximum Gasteiger partial charge on any atom is 0.145 e. The zero-order chi connectivity index (χ0) is 10.8. The highest BCUT2D eigenvalue weighted by molar-refractivity contribution is 5.84. The average molecular weight is 216 g/mol. The first-order valence-corrected chi connectivity index (χ1v) is 5.93. The van der Waals surface area contributed by atoms with E-state index in [1.54, 1.807) is 0 Å². The summed E-state index contributed by atoms with van der Waals surface area (Å²) in [6.07, 6.45) is 3.71. The van der Waals surface area contributed by atoms with Crippen LogP contribution in [0.1, 0.15) is 17.5 Å². The molecule has 1 aliphatic heterocycles. The first kappa shape index (κ1) is 9.70. The highest BCUT2D eigenvalue weighted by Gasteiger charge is 2.12. The van der Waals surface area contributed by atoms with Crippen LogP contribution in [0.25, 0.3) is 0 Å². The fourth-order valence-corrected chi connectivity index (χ4v) is 2.33. The number of aryl methyl sites for hydroxylation is 2. The third-order valence-electron chi connectivity index (χ3n) is 3.19. The summed E-state index contributed by atoms with van der Waals surface area (Å²) in [6, 6.07) is 6.44. The Morgan fingerprint density at radius 2 is 2.19 bits per heavy atom. The molecule has 0 saturated carbocycles. The number of nitrogens with one attached hydrogen (secondary N) is 1. The van der Waals surface area contributed by atoms with Crippen LogP contribution in [0.15, 0.2) is 23.2 Å². The Morgan fingerprint density at radius 1 is 1.25 bits per heavy atom. The molecule has 3 nitrogen and oxygen atoms in total. The van der Waals surface area contributed by atoms with Crippen LogP contribution in [0, 0.1) is 0 Å². The molecule has 0 bridgehead atoms. The van der Waals surface area contributed by atoms with Crippen LogP contribution in [0.3, 0.4) is 0 Å². The quantitative estimate of drug-likeness (QED) is 0.831. The second-order valence-corrected chi connectivity index (χ2v) is 4.33. The van der Waals surface area contributed by atoms with E-state index >= 15 is 0 Å². The minimum Gasteiger partial charge on any atom is -0.486 e. The topological polar surface area (TPSA) is 33.6 Å².